The third kappa shape index (κ3) is 4.72. The Kier molecular flexibility index (Phi) is 4.17. The molecule has 0 aromatic rings. The van der Waals surface area contributed by atoms with Crippen LogP contribution in [0, 0.1) is 0 Å². The molecular formula is C12H18F3NO3. The molecule has 0 aromatic carbocycles. The van der Waals surface area contributed by atoms with Crippen molar-refractivity contribution in [3.8, 4) is 0 Å². The van der Waals surface area contributed by atoms with Crippen molar-refractivity contribution in [1.82, 2.24) is 5.32 Å². The number of hydrogen-bond donors (Lipinski definition) is 1. The first-order valence-corrected chi connectivity index (χ1v) is 6.05. The standard InChI is InChI=1S/C12H18F3NO3/c1-10(2,3)19-9(18)5-4-8(17)16-11(6-7-11)12(13,14)15/h4-7H2,1-3H3,(H,16,17). The number of rotatable bonds is 4. The summed E-state index contributed by atoms with van der Waals surface area (Å²) < 4.78 is 42.7. The zero-order valence-corrected chi connectivity index (χ0v) is 11.2. The minimum atomic E-state index is -4.44. The first kappa shape index (κ1) is 15.8. The summed E-state index contributed by atoms with van der Waals surface area (Å²) in [6.07, 6.45) is -5.16. The lowest BCUT2D eigenvalue weighted by Gasteiger charge is -2.21. The summed E-state index contributed by atoms with van der Waals surface area (Å²) in [5, 5.41) is 1.95. The van der Waals surface area contributed by atoms with Gasteiger partial charge in [0.25, 0.3) is 0 Å². The van der Waals surface area contributed by atoms with Crippen LogP contribution in [0.3, 0.4) is 0 Å². The van der Waals surface area contributed by atoms with Crippen LogP contribution in [0.4, 0.5) is 13.2 Å². The minimum Gasteiger partial charge on any atom is -0.460 e. The second kappa shape index (κ2) is 5.02. The van der Waals surface area contributed by atoms with Crippen molar-refractivity contribution in [2.24, 2.45) is 0 Å². The SMILES string of the molecule is CC(C)(C)OC(=O)CCC(=O)NC1(C(F)(F)F)CC1. The van der Waals surface area contributed by atoms with E-state index >= 15 is 0 Å². The van der Waals surface area contributed by atoms with Gasteiger partial charge in [0.15, 0.2) is 0 Å². The fraction of sp³-hybridized carbons (Fsp3) is 0.833. The van der Waals surface area contributed by atoms with Crippen molar-refractivity contribution < 1.29 is 27.5 Å². The van der Waals surface area contributed by atoms with Crippen LogP contribution >= 0.6 is 0 Å². The molecule has 1 aliphatic rings. The number of carbonyl (C=O) groups excluding carboxylic acids is 2. The van der Waals surface area contributed by atoms with Crippen molar-refractivity contribution in [1.29, 1.82) is 0 Å². The number of alkyl halides is 3. The zero-order valence-electron chi connectivity index (χ0n) is 11.2. The first-order valence-electron chi connectivity index (χ1n) is 6.05. The van der Waals surface area contributed by atoms with Crippen LogP contribution in [0.1, 0.15) is 46.5 Å². The van der Waals surface area contributed by atoms with E-state index in [0.29, 0.717) is 0 Å². The Bertz CT molecular complexity index is 367. The quantitative estimate of drug-likeness (QED) is 0.805. The maximum atomic E-state index is 12.6. The van der Waals surface area contributed by atoms with E-state index in [9.17, 15) is 22.8 Å². The van der Waals surface area contributed by atoms with E-state index in [1.54, 1.807) is 20.8 Å². The molecule has 7 heteroatoms. The van der Waals surface area contributed by atoms with Gasteiger partial charge in [0.05, 0.1) is 6.42 Å². The van der Waals surface area contributed by atoms with Crippen molar-refractivity contribution >= 4 is 11.9 Å². The smallest absolute Gasteiger partial charge is 0.411 e. The second-order valence-corrected chi connectivity index (χ2v) is 5.71. The van der Waals surface area contributed by atoms with Crippen molar-refractivity contribution in [2.45, 2.75) is 63.8 Å². The molecule has 0 saturated heterocycles. The molecule has 1 N–H and O–H groups in total. The molecule has 0 aromatic heterocycles. The molecule has 0 atom stereocenters. The van der Waals surface area contributed by atoms with Crippen LogP contribution in [0.25, 0.3) is 0 Å². The van der Waals surface area contributed by atoms with Gasteiger partial charge in [-0.1, -0.05) is 0 Å². The molecule has 4 nitrogen and oxygen atoms in total. The molecule has 1 amide bonds. The normalized spacial score (nSPS) is 17.8. The van der Waals surface area contributed by atoms with E-state index in [1.165, 1.54) is 0 Å². The average molecular weight is 281 g/mol. The molecule has 19 heavy (non-hydrogen) atoms. The fourth-order valence-corrected chi connectivity index (χ4v) is 1.54. The fourth-order valence-electron chi connectivity index (χ4n) is 1.54. The lowest BCUT2D eigenvalue weighted by Crippen LogP contribution is -2.47. The number of carbonyl (C=O) groups is 2. The Labute approximate surface area is 109 Å². The van der Waals surface area contributed by atoms with Gasteiger partial charge in [0, 0.05) is 6.42 Å². The third-order valence-electron chi connectivity index (χ3n) is 2.65. The molecule has 110 valence electrons. The van der Waals surface area contributed by atoms with Crippen LogP contribution in [0.2, 0.25) is 0 Å². The number of amides is 1. The molecule has 0 unspecified atom stereocenters. The predicted octanol–water partition coefficient (Wildman–Crippen LogP) is 2.32. The number of nitrogens with one attached hydrogen (secondary N) is 1. The molecular weight excluding hydrogens is 263 g/mol. The molecule has 0 aliphatic heterocycles. The predicted molar refractivity (Wildman–Crippen MR) is 61.2 cm³/mol. The molecule has 1 rings (SSSR count). The Morgan fingerprint density at radius 1 is 1.16 bits per heavy atom. The maximum Gasteiger partial charge on any atom is 0.411 e. The summed E-state index contributed by atoms with van der Waals surface area (Å²) in [5.41, 5.74) is -2.74. The van der Waals surface area contributed by atoms with Crippen molar-refractivity contribution in [2.75, 3.05) is 0 Å². The lowest BCUT2D eigenvalue weighted by atomic mass is 10.2. The summed E-state index contributed by atoms with van der Waals surface area (Å²) in [4.78, 5) is 22.7. The molecule has 0 spiro atoms. The van der Waals surface area contributed by atoms with E-state index in [2.05, 4.69) is 0 Å². The Morgan fingerprint density at radius 2 is 1.68 bits per heavy atom. The Hall–Kier alpha value is -1.27. The van der Waals surface area contributed by atoms with Gasteiger partial charge in [-0.05, 0) is 33.6 Å². The molecule has 1 fully saturated rings. The highest BCUT2D eigenvalue weighted by atomic mass is 19.4. The maximum absolute atomic E-state index is 12.6. The van der Waals surface area contributed by atoms with E-state index in [-0.39, 0.29) is 25.7 Å². The van der Waals surface area contributed by atoms with Gasteiger partial charge in [-0.3, -0.25) is 9.59 Å². The number of halogens is 3. The van der Waals surface area contributed by atoms with Gasteiger partial charge < -0.3 is 10.1 Å². The number of hydrogen-bond acceptors (Lipinski definition) is 3. The number of ether oxygens (including phenoxy) is 1. The van der Waals surface area contributed by atoms with Crippen molar-refractivity contribution in [3.05, 3.63) is 0 Å². The van der Waals surface area contributed by atoms with Crippen LogP contribution in [0.5, 0.6) is 0 Å². The van der Waals surface area contributed by atoms with Gasteiger partial charge in [0.2, 0.25) is 5.91 Å². The van der Waals surface area contributed by atoms with E-state index in [0.717, 1.165) is 0 Å². The number of esters is 1. The van der Waals surface area contributed by atoms with Crippen LogP contribution in [-0.4, -0.2) is 29.2 Å². The van der Waals surface area contributed by atoms with Gasteiger partial charge in [-0.2, -0.15) is 13.2 Å². The summed E-state index contributed by atoms with van der Waals surface area (Å²) in [6.45, 7) is 5.02. The second-order valence-electron chi connectivity index (χ2n) is 5.71. The Morgan fingerprint density at radius 3 is 2.05 bits per heavy atom. The first-order chi connectivity index (χ1) is 8.45. The highest BCUT2D eigenvalue weighted by molar-refractivity contribution is 5.82. The zero-order chi connectivity index (χ0) is 14.9. The topological polar surface area (TPSA) is 55.4 Å². The largest absolute Gasteiger partial charge is 0.460 e. The summed E-state index contributed by atoms with van der Waals surface area (Å²) >= 11 is 0. The molecule has 0 heterocycles. The summed E-state index contributed by atoms with van der Waals surface area (Å²) in [5.74, 6) is -1.37. The van der Waals surface area contributed by atoms with Crippen LogP contribution in [-0.2, 0) is 14.3 Å². The van der Waals surface area contributed by atoms with Crippen molar-refractivity contribution in [3.63, 3.8) is 0 Å². The highest BCUT2D eigenvalue weighted by Gasteiger charge is 2.64. The van der Waals surface area contributed by atoms with Gasteiger partial charge >= 0.3 is 12.1 Å². The summed E-state index contributed by atoms with van der Waals surface area (Å²) in [6, 6.07) is 0. The molecule has 1 aliphatic carbocycles. The van der Waals surface area contributed by atoms with Gasteiger partial charge in [-0.25, -0.2) is 0 Å². The monoisotopic (exact) mass is 281 g/mol. The van der Waals surface area contributed by atoms with E-state index in [1.807, 2.05) is 5.32 Å². The summed E-state index contributed by atoms with van der Waals surface area (Å²) in [7, 11) is 0. The molecule has 1 saturated carbocycles. The molecule has 0 radical (unpaired) electrons. The average Bonchev–Trinajstić information content (AvgIpc) is 2.92. The minimum absolute atomic E-state index is 0.103. The lowest BCUT2D eigenvalue weighted by molar-refractivity contribution is -0.170. The van der Waals surface area contributed by atoms with E-state index in [4.69, 9.17) is 4.74 Å². The van der Waals surface area contributed by atoms with Crippen LogP contribution < -0.4 is 5.32 Å². The third-order valence-corrected chi connectivity index (χ3v) is 2.65. The molecule has 0 bridgehead atoms. The van der Waals surface area contributed by atoms with Crippen LogP contribution in [0.15, 0.2) is 0 Å². The van der Waals surface area contributed by atoms with Gasteiger partial charge in [-0.15, -0.1) is 0 Å². The highest BCUT2D eigenvalue weighted by Crippen LogP contribution is 2.48. The van der Waals surface area contributed by atoms with E-state index < -0.39 is 29.2 Å². The van der Waals surface area contributed by atoms with Gasteiger partial charge in [0.1, 0.15) is 11.1 Å². The Balaban J connectivity index is 2.36.